The summed E-state index contributed by atoms with van der Waals surface area (Å²) in [6, 6.07) is 7.14. The molecule has 12 heteroatoms. The van der Waals surface area contributed by atoms with Crippen molar-refractivity contribution in [1.29, 1.82) is 0 Å². The van der Waals surface area contributed by atoms with E-state index >= 15 is 0 Å². The molecule has 1 fully saturated rings. The Balaban J connectivity index is 1.62. The van der Waals surface area contributed by atoms with Crippen molar-refractivity contribution in [2.45, 2.75) is 31.2 Å². The number of likely N-dealkylation sites (tertiary alicyclic amines) is 1. The van der Waals surface area contributed by atoms with Gasteiger partial charge in [-0.25, -0.2) is 8.78 Å². The van der Waals surface area contributed by atoms with Crippen LogP contribution in [0, 0.1) is 17.7 Å². The smallest absolute Gasteiger partial charge is 0.393 e. The summed E-state index contributed by atoms with van der Waals surface area (Å²) in [6.07, 6.45) is -6.13. The molecule has 0 bridgehead atoms. The Hall–Kier alpha value is -2.80. The third kappa shape index (κ3) is 7.09. The van der Waals surface area contributed by atoms with Crippen LogP contribution >= 0.6 is 18.5 Å². The van der Waals surface area contributed by atoms with Crippen LogP contribution in [0.2, 0.25) is 0 Å². The molecule has 0 spiro atoms. The number of ether oxygens (including phenoxy) is 1. The van der Waals surface area contributed by atoms with Gasteiger partial charge in [0.25, 0.3) is 0 Å². The van der Waals surface area contributed by atoms with E-state index in [-0.39, 0.29) is 40.3 Å². The molecule has 1 aliphatic heterocycles. The van der Waals surface area contributed by atoms with Crippen molar-refractivity contribution in [3.63, 3.8) is 0 Å². The second-order valence-electron chi connectivity index (χ2n) is 10.2. The van der Waals surface area contributed by atoms with Gasteiger partial charge in [-0.15, -0.1) is 11.3 Å². The summed E-state index contributed by atoms with van der Waals surface area (Å²) < 4.78 is 88.1. The number of fused-ring (bicyclic) bond motifs is 1. The lowest BCUT2D eigenvalue weighted by atomic mass is 10.0. The number of alkyl halides is 4. The van der Waals surface area contributed by atoms with Crippen molar-refractivity contribution in [2.75, 3.05) is 57.8 Å². The number of methoxy groups -OCH3 is 1. The van der Waals surface area contributed by atoms with Gasteiger partial charge in [0, 0.05) is 19.2 Å². The molecule has 0 saturated carbocycles. The van der Waals surface area contributed by atoms with Crippen LogP contribution in [0.15, 0.2) is 30.3 Å². The minimum Gasteiger partial charge on any atom is -0.495 e. The molecule has 3 aromatic rings. The van der Waals surface area contributed by atoms with E-state index in [9.17, 15) is 26.5 Å². The lowest BCUT2D eigenvalue weighted by molar-refractivity contribution is -0.126. The lowest BCUT2D eigenvalue weighted by Crippen LogP contribution is -2.46. The molecule has 2 atom stereocenters. The minimum atomic E-state index is -4.45. The largest absolute Gasteiger partial charge is 0.495 e. The van der Waals surface area contributed by atoms with E-state index in [4.69, 9.17) is 4.74 Å². The quantitative estimate of drug-likeness (QED) is 0.189. The summed E-state index contributed by atoms with van der Waals surface area (Å²) in [4.78, 5) is 2.16. The number of benzene rings is 2. The number of rotatable bonds is 7. The van der Waals surface area contributed by atoms with E-state index in [1.54, 1.807) is 18.2 Å². The Labute approximate surface area is 234 Å². The molecule has 2 heterocycles. The van der Waals surface area contributed by atoms with E-state index in [1.807, 2.05) is 11.9 Å². The number of halogens is 5. The first kappa shape index (κ1) is 30.2. The number of nitrogens with zero attached hydrogens (tertiary/aromatic N) is 1. The average molecular weight is 600 g/mol. The van der Waals surface area contributed by atoms with Gasteiger partial charge in [0.1, 0.15) is 24.9 Å². The first-order chi connectivity index (χ1) is 18.8. The van der Waals surface area contributed by atoms with Crippen molar-refractivity contribution < 1.29 is 31.3 Å². The van der Waals surface area contributed by atoms with Crippen LogP contribution < -0.4 is 20.7 Å². The zero-order chi connectivity index (χ0) is 29.2. The maximum atomic E-state index is 14.7. The molecule has 5 nitrogen and oxygen atoms in total. The van der Waals surface area contributed by atoms with Gasteiger partial charge in [-0.1, -0.05) is 24.0 Å². The maximum Gasteiger partial charge on any atom is 0.393 e. The number of nitrogens with one attached hydrogen (secondary N) is 2. The van der Waals surface area contributed by atoms with Crippen LogP contribution in [0.3, 0.4) is 0 Å². The molecule has 0 radical (unpaired) electrons. The molecule has 2 N–H and O–H groups in total. The first-order valence-corrected chi connectivity index (χ1v) is 16.0. The van der Waals surface area contributed by atoms with Gasteiger partial charge in [0.2, 0.25) is 0 Å². The average Bonchev–Trinajstić information content (AvgIpc) is 3.19. The van der Waals surface area contributed by atoms with E-state index in [0.717, 1.165) is 17.9 Å². The van der Waals surface area contributed by atoms with Crippen molar-refractivity contribution in [3.8, 4) is 17.6 Å². The molecule has 216 valence electrons. The Morgan fingerprint density at radius 1 is 1.23 bits per heavy atom. The summed E-state index contributed by atoms with van der Waals surface area (Å²) in [5, 5.41) is 6.63. The van der Waals surface area contributed by atoms with Gasteiger partial charge in [-0.2, -0.15) is 13.2 Å². The Kier molecular flexibility index (Phi) is 9.03. The predicted molar refractivity (Wildman–Crippen MR) is 153 cm³/mol. The summed E-state index contributed by atoms with van der Waals surface area (Å²) in [5.74, 6) is 5.30. The number of anilines is 2. The number of hydrogen-bond acceptors (Lipinski definition) is 6. The zero-order valence-corrected chi connectivity index (χ0v) is 24.3. The predicted octanol–water partition coefficient (Wildman–Crippen LogP) is 6.32. The summed E-state index contributed by atoms with van der Waals surface area (Å²) in [6.45, 7) is 3.91. The van der Waals surface area contributed by atoms with Crippen molar-refractivity contribution in [3.05, 3.63) is 46.6 Å². The second-order valence-corrected chi connectivity index (χ2v) is 14.4. The second kappa shape index (κ2) is 12.0. The lowest BCUT2D eigenvalue weighted by Gasteiger charge is -2.33. The van der Waals surface area contributed by atoms with Crippen LogP contribution in [0.1, 0.15) is 16.9 Å². The maximum absolute atomic E-state index is 14.7. The van der Waals surface area contributed by atoms with E-state index in [1.165, 1.54) is 32.6 Å². The highest BCUT2D eigenvalue weighted by molar-refractivity contribution is 7.70. The molecule has 0 unspecified atom stereocenters. The summed E-state index contributed by atoms with van der Waals surface area (Å²) in [5.41, 5.74) is 0.931. The topological polar surface area (TPSA) is 53.6 Å². The minimum absolute atomic E-state index is 0.00497. The van der Waals surface area contributed by atoms with Gasteiger partial charge in [0.15, 0.2) is 0 Å². The fraction of sp³-hybridized carbons (Fsp3) is 0.429. The van der Waals surface area contributed by atoms with Gasteiger partial charge >= 0.3 is 6.18 Å². The van der Waals surface area contributed by atoms with Gasteiger partial charge in [-0.05, 0) is 49.9 Å². The monoisotopic (exact) mass is 599 g/mol. The molecule has 1 aromatic heterocycles. The van der Waals surface area contributed by atoms with Gasteiger partial charge < -0.3 is 24.8 Å². The van der Waals surface area contributed by atoms with Crippen LogP contribution in [0.4, 0.5) is 33.3 Å². The van der Waals surface area contributed by atoms with Crippen LogP contribution in [0.25, 0.3) is 10.1 Å². The fourth-order valence-electron chi connectivity index (χ4n) is 4.71. The number of hydrogen-bond donors (Lipinski definition) is 2. The number of piperidine rings is 1. The molecule has 2 aromatic carbocycles. The van der Waals surface area contributed by atoms with Gasteiger partial charge in [0.05, 0.1) is 52.4 Å². The molecule has 1 saturated heterocycles. The van der Waals surface area contributed by atoms with Crippen LogP contribution in [-0.4, -0.2) is 70.4 Å². The highest BCUT2D eigenvalue weighted by atomic mass is 32.1. The Morgan fingerprint density at radius 3 is 2.62 bits per heavy atom. The molecule has 1 aliphatic rings. The van der Waals surface area contributed by atoms with Crippen LogP contribution in [0.5, 0.6) is 5.75 Å². The van der Waals surface area contributed by atoms with Crippen molar-refractivity contribution >= 4 is 45.2 Å². The molecular weight excluding hydrogens is 568 g/mol. The Morgan fingerprint density at radius 2 is 1.98 bits per heavy atom. The molecule has 40 heavy (non-hydrogen) atoms. The van der Waals surface area contributed by atoms with Crippen LogP contribution in [-0.2, 0) is 11.0 Å². The highest BCUT2D eigenvalue weighted by Crippen LogP contribution is 2.40. The number of thiophene rings is 1. The van der Waals surface area contributed by atoms with E-state index in [2.05, 4.69) is 22.5 Å². The summed E-state index contributed by atoms with van der Waals surface area (Å²) in [7, 11) is 0.369. The van der Waals surface area contributed by atoms with E-state index < -0.39 is 37.8 Å². The highest BCUT2D eigenvalue weighted by Gasteiger charge is 2.32. The molecule has 0 aliphatic carbocycles. The molecular formula is C28H31F5N3O2PS. The van der Waals surface area contributed by atoms with Gasteiger partial charge in [-0.3, -0.25) is 0 Å². The third-order valence-corrected chi connectivity index (χ3v) is 9.40. The fourth-order valence-corrected chi connectivity index (χ4v) is 6.88. The van der Waals surface area contributed by atoms with Crippen molar-refractivity contribution in [2.24, 2.45) is 0 Å². The normalized spacial score (nSPS) is 18.3. The zero-order valence-electron chi connectivity index (χ0n) is 22.6. The van der Waals surface area contributed by atoms with E-state index in [0.29, 0.717) is 22.2 Å². The van der Waals surface area contributed by atoms with Crippen molar-refractivity contribution in [1.82, 2.24) is 4.90 Å². The summed E-state index contributed by atoms with van der Waals surface area (Å²) >= 11 is 1.13. The standard InChI is InChI=1S/C28H31F5N3O2PS/c1-36-12-10-21(20(30)16-36)35-22-8-5-7-17-18(15-28(31,32)33)26(40-27(17)22)9-6-11-34-23-13-19(29)25(39(3,4)37)14-24(23)38-2/h5,7-8,13-14,20-21,34-35H,10-12,15-16H2,1-4H3/t20-,21+/m0/s1. The first-order valence-electron chi connectivity index (χ1n) is 12.6. The molecule has 0 amide bonds. The Bertz CT molecular complexity index is 1490. The molecule has 4 rings (SSSR count). The third-order valence-electron chi connectivity index (χ3n) is 6.70. The SMILES string of the molecule is COc1cc(P(C)(C)=O)c(F)cc1NCC#Cc1sc2c(N[C@@H]3CCN(C)C[C@@H]3F)cccc2c1CC(F)(F)F.